The summed E-state index contributed by atoms with van der Waals surface area (Å²) in [4.78, 5) is 22.8. The Labute approximate surface area is 131 Å². The number of halogens is 2. The second-order valence-corrected chi connectivity index (χ2v) is 5.67. The Bertz CT molecular complexity index is 525. The van der Waals surface area contributed by atoms with Crippen molar-refractivity contribution in [1.82, 2.24) is 5.32 Å². The Morgan fingerprint density at radius 1 is 1.43 bits per heavy atom. The van der Waals surface area contributed by atoms with Crippen molar-refractivity contribution in [3.05, 3.63) is 28.5 Å². The van der Waals surface area contributed by atoms with E-state index in [0.717, 1.165) is 0 Å². The summed E-state index contributed by atoms with van der Waals surface area (Å²) in [5.74, 6) is -2.17. The first-order chi connectivity index (χ1) is 9.85. The van der Waals surface area contributed by atoms with Crippen LogP contribution in [0.4, 0.5) is 10.1 Å². The zero-order chi connectivity index (χ0) is 16.0. The molecule has 1 amide bonds. The zero-order valence-electron chi connectivity index (χ0n) is 11.8. The number of carboxylic acid groups (broad SMARTS) is 1. The van der Waals surface area contributed by atoms with Gasteiger partial charge in [-0.2, -0.15) is 0 Å². The largest absolute Gasteiger partial charge is 0.480 e. The van der Waals surface area contributed by atoms with Gasteiger partial charge in [-0.1, -0.05) is 36.2 Å². The molecule has 1 aromatic carbocycles. The van der Waals surface area contributed by atoms with Crippen LogP contribution in [0.1, 0.15) is 20.3 Å². The number of rotatable bonds is 7. The average Bonchev–Trinajstić information content (AvgIpc) is 2.41. The first-order valence-corrected chi connectivity index (χ1v) is 7.35. The number of carboxylic acids is 1. The van der Waals surface area contributed by atoms with Crippen LogP contribution in [-0.4, -0.2) is 29.6 Å². The topological polar surface area (TPSA) is 78.4 Å². The summed E-state index contributed by atoms with van der Waals surface area (Å²) >= 11 is 3.12. The fourth-order valence-corrected chi connectivity index (χ4v) is 2.09. The van der Waals surface area contributed by atoms with Crippen molar-refractivity contribution >= 4 is 33.5 Å². The quantitative estimate of drug-likeness (QED) is 0.698. The van der Waals surface area contributed by atoms with Gasteiger partial charge in [0, 0.05) is 4.47 Å². The number of aliphatic carboxylic acids is 1. The third-order valence-electron chi connectivity index (χ3n) is 3.17. The van der Waals surface area contributed by atoms with Gasteiger partial charge >= 0.3 is 5.97 Å². The van der Waals surface area contributed by atoms with Gasteiger partial charge < -0.3 is 10.4 Å². The van der Waals surface area contributed by atoms with Crippen LogP contribution in [0, 0.1) is 11.7 Å². The van der Waals surface area contributed by atoms with E-state index in [1.807, 2.05) is 6.92 Å². The van der Waals surface area contributed by atoms with E-state index in [2.05, 4.69) is 26.6 Å². The van der Waals surface area contributed by atoms with Gasteiger partial charge in [-0.25, -0.2) is 4.39 Å². The molecule has 0 saturated heterocycles. The van der Waals surface area contributed by atoms with Crippen LogP contribution >= 0.6 is 15.9 Å². The third kappa shape index (κ3) is 5.43. The molecule has 3 N–H and O–H groups in total. The minimum atomic E-state index is -1.01. The van der Waals surface area contributed by atoms with Crippen molar-refractivity contribution in [2.24, 2.45) is 5.92 Å². The fourth-order valence-electron chi connectivity index (χ4n) is 1.76. The molecule has 0 fully saturated rings. The summed E-state index contributed by atoms with van der Waals surface area (Å²) in [5.41, 5.74) is 0.0559. The number of amides is 1. The van der Waals surface area contributed by atoms with Gasteiger partial charge in [0.2, 0.25) is 5.91 Å². The van der Waals surface area contributed by atoms with Crippen LogP contribution in [-0.2, 0) is 9.59 Å². The van der Waals surface area contributed by atoms with Crippen LogP contribution in [0.5, 0.6) is 0 Å². The molecule has 0 spiro atoms. The number of nitrogens with one attached hydrogen (secondary N) is 2. The second-order valence-electron chi connectivity index (χ2n) is 4.75. The van der Waals surface area contributed by atoms with Gasteiger partial charge in [0.05, 0.1) is 12.2 Å². The van der Waals surface area contributed by atoms with Gasteiger partial charge in [0.1, 0.15) is 11.9 Å². The van der Waals surface area contributed by atoms with E-state index in [9.17, 15) is 14.0 Å². The standard InChI is InChI=1S/C14H18BrFN2O3/c1-3-8(2)13(14(20)21)17-7-12(19)18-11-5-4-9(15)6-10(11)16/h4-6,8,13,17H,3,7H2,1-2H3,(H,18,19)(H,20,21)/t8-,13-/m0/s1. The lowest BCUT2D eigenvalue weighted by Crippen LogP contribution is -2.45. The summed E-state index contributed by atoms with van der Waals surface area (Å²) in [7, 11) is 0. The third-order valence-corrected chi connectivity index (χ3v) is 3.66. The van der Waals surface area contributed by atoms with Gasteiger partial charge in [0.15, 0.2) is 0 Å². The highest BCUT2D eigenvalue weighted by atomic mass is 79.9. The number of benzene rings is 1. The summed E-state index contributed by atoms with van der Waals surface area (Å²) < 4.78 is 14.1. The van der Waals surface area contributed by atoms with E-state index >= 15 is 0 Å². The smallest absolute Gasteiger partial charge is 0.320 e. The molecule has 0 aromatic heterocycles. The number of carbonyl (C=O) groups excluding carboxylic acids is 1. The molecule has 0 unspecified atom stereocenters. The van der Waals surface area contributed by atoms with Gasteiger partial charge in [0.25, 0.3) is 0 Å². The van der Waals surface area contributed by atoms with Crippen molar-refractivity contribution in [2.45, 2.75) is 26.3 Å². The van der Waals surface area contributed by atoms with E-state index in [4.69, 9.17) is 5.11 Å². The monoisotopic (exact) mass is 360 g/mol. The SMILES string of the molecule is CC[C@H](C)[C@H](NCC(=O)Nc1ccc(Br)cc1F)C(=O)O. The molecule has 1 rings (SSSR count). The van der Waals surface area contributed by atoms with Gasteiger partial charge in [-0.05, 0) is 24.1 Å². The molecular formula is C14H18BrFN2O3. The normalized spacial score (nSPS) is 13.5. The van der Waals surface area contributed by atoms with Crippen LogP contribution < -0.4 is 10.6 Å². The Kier molecular flexibility index (Phi) is 6.77. The molecular weight excluding hydrogens is 343 g/mol. The van der Waals surface area contributed by atoms with Crippen molar-refractivity contribution < 1.29 is 19.1 Å². The Hall–Kier alpha value is -1.47. The molecule has 0 bridgehead atoms. The Morgan fingerprint density at radius 3 is 2.62 bits per heavy atom. The molecule has 5 nitrogen and oxygen atoms in total. The molecule has 0 radical (unpaired) electrons. The summed E-state index contributed by atoms with van der Waals surface area (Å²) in [6, 6.07) is 3.46. The Morgan fingerprint density at radius 2 is 2.10 bits per heavy atom. The average molecular weight is 361 g/mol. The second kappa shape index (κ2) is 8.09. The predicted molar refractivity (Wildman–Crippen MR) is 81.6 cm³/mol. The minimum Gasteiger partial charge on any atom is -0.480 e. The van der Waals surface area contributed by atoms with E-state index in [1.54, 1.807) is 13.0 Å². The molecule has 116 valence electrons. The van der Waals surface area contributed by atoms with Crippen LogP contribution in [0.2, 0.25) is 0 Å². The number of anilines is 1. The summed E-state index contributed by atoms with van der Waals surface area (Å²) in [6.07, 6.45) is 0.674. The maximum absolute atomic E-state index is 13.6. The molecule has 21 heavy (non-hydrogen) atoms. The summed E-state index contributed by atoms with van der Waals surface area (Å²) in [6.45, 7) is 3.47. The lowest BCUT2D eigenvalue weighted by molar-refractivity contribution is -0.140. The van der Waals surface area contributed by atoms with Crippen LogP contribution in [0.25, 0.3) is 0 Å². The van der Waals surface area contributed by atoms with Gasteiger partial charge in [-0.15, -0.1) is 0 Å². The fraction of sp³-hybridized carbons (Fsp3) is 0.429. The maximum Gasteiger partial charge on any atom is 0.320 e. The lowest BCUT2D eigenvalue weighted by Gasteiger charge is -2.19. The van der Waals surface area contributed by atoms with E-state index < -0.39 is 23.7 Å². The van der Waals surface area contributed by atoms with Crippen molar-refractivity contribution in [3.8, 4) is 0 Å². The van der Waals surface area contributed by atoms with Crippen molar-refractivity contribution in [2.75, 3.05) is 11.9 Å². The summed E-state index contributed by atoms with van der Waals surface area (Å²) in [5, 5.41) is 14.2. The highest BCUT2D eigenvalue weighted by molar-refractivity contribution is 9.10. The van der Waals surface area contributed by atoms with Crippen molar-refractivity contribution in [3.63, 3.8) is 0 Å². The Balaban J connectivity index is 2.59. The molecule has 0 saturated carbocycles. The molecule has 0 heterocycles. The van der Waals surface area contributed by atoms with Crippen molar-refractivity contribution in [1.29, 1.82) is 0 Å². The van der Waals surface area contributed by atoms with E-state index in [0.29, 0.717) is 10.9 Å². The first-order valence-electron chi connectivity index (χ1n) is 6.56. The zero-order valence-corrected chi connectivity index (χ0v) is 13.4. The van der Waals surface area contributed by atoms with Gasteiger partial charge in [-0.3, -0.25) is 14.9 Å². The van der Waals surface area contributed by atoms with E-state index in [-0.39, 0.29) is 18.2 Å². The maximum atomic E-state index is 13.6. The number of hydrogen-bond donors (Lipinski definition) is 3. The molecule has 0 aliphatic heterocycles. The van der Waals surface area contributed by atoms with Crippen LogP contribution in [0.15, 0.2) is 22.7 Å². The van der Waals surface area contributed by atoms with Crippen LogP contribution in [0.3, 0.4) is 0 Å². The molecule has 1 aromatic rings. The number of hydrogen-bond acceptors (Lipinski definition) is 3. The number of carbonyl (C=O) groups is 2. The molecule has 7 heteroatoms. The molecule has 2 atom stereocenters. The van der Waals surface area contributed by atoms with E-state index in [1.165, 1.54) is 12.1 Å². The highest BCUT2D eigenvalue weighted by Crippen LogP contribution is 2.19. The lowest BCUT2D eigenvalue weighted by atomic mass is 9.99. The minimum absolute atomic E-state index is 0.0559. The highest BCUT2D eigenvalue weighted by Gasteiger charge is 2.23. The predicted octanol–water partition coefficient (Wildman–Crippen LogP) is 2.62. The molecule has 0 aliphatic carbocycles. The first kappa shape index (κ1) is 17.6. The molecule has 0 aliphatic rings.